The Kier molecular flexibility index (Phi) is 2.94. The van der Waals surface area contributed by atoms with E-state index in [0.29, 0.717) is 6.04 Å². The molecule has 0 saturated heterocycles. The molecule has 0 unspecified atom stereocenters. The number of aromatic nitrogens is 2. The Morgan fingerprint density at radius 2 is 1.72 bits per heavy atom. The molecule has 0 atom stereocenters. The molecule has 0 aliphatic heterocycles. The average molecular weight is 240 g/mol. The summed E-state index contributed by atoms with van der Waals surface area (Å²) in [4.78, 5) is 0. The van der Waals surface area contributed by atoms with Crippen LogP contribution in [0.3, 0.4) is 0 Å². The molecule has 1 fully saturated rings. The molecule has 2 nitrogen and oxygen atoms in total. The maximum Gasteiger partial charge on any atom is 0.0690 e. The molecule has 1 aromatic carbocycles. The van der Waals surface area contributed by atoms with Crippen LogP contribution in [0.5, 0.6) is 0 Å². The predicted molar refractivity (Wildman–Crippen MR) is 74.6 cm³/mol. The van der Waals surface area contributed by atoms with Gasteiger partial charge in [-0.25, -0.2) is 0 Å². The fourth-order valence-corrected chi connectivity index (χ4v) is 3.17. The lowest BCUT2D eigenvalue weighted by molar-refractivity contribution is 0.472. The van der Waals surface area contributed by atoms with Crippen molar-refractivity contribution >= 4 is 0 Å². The SMILES string of the molecule is Cc1cccc(C)c1-c1ccnn1C1CCCC1. The van der Waals surface area contributed by atoms with Crippen LogP contribution in [0.1, 0.15) is 42.9 Å². The maximum absolute atomic E-state index is 4.57. The fraction of sp³-hybridized carbons (Fsp3) is 0.438. The van der Waals surface area contributed by atoms with Crippen LogP contribution in [0, 0.1) is 13.8 Å². The zero-order chi connectivity index (χ0) is 12.5. The minimum absolute atomic E-state index is 0.606. The lowest BCUT2D eigenvalue weighted by Crippen LogP contribution is -2.09. The van der Waals surface area contributed by atoms with Crippen molar-refractivity contribution in [3.8, 4) is 11.3 Å². The van der Waals surface area contributed by atoms with E-state index in [2.05, 4.69) is 47.9 Å². The summed E-state index contributed by atoms with van der Waals surface area (Å²) in [6.07, 6.45) is 7.19. The summed E-state index contributed by atoms with van der Waals surface area (Å²) in [6, 6.07) is 9.27. The number of nitrogens with zero attached hydrogens (tertiary/aromatic N) is 2. The number of benzene rings is 1. The van der Waals surface area contributed by atoms with Crippen LogP contribution in [0.4, 0.5) is 0 Å². The predicted octanol–water partition coefficient (Wildman–Crippen LogP) is 4.28. The van der Waals surface area contributed by atoms with E-state index in [1.807, 2.05) is 6.20 Å². The molecule has 2 heteroatoms. The normalized spacial score (nSPS) is 16.3. The molecule has 1 aliphatic rings. The molecule has 1 saturated carbocycles. The van der Waals surface area contributed by atoms with E-state index >= 15 is 0 Å². The van der Waals surface area contributed by atoms with Crippen molar-refractivity contribution in [1.82, 2.24) is 9.78 Å². The number of aryl methyl sites for hydroxylation is 2. The summed E-state index contributed by atoms with van der Waals surface area (Å²) >= 11 is 0. The second-order valence-electron chi connectivity index (χ2n) is 5.37. The van der Waals surface area contributed by atoms with E-state index in [9.17, 15) is 0 Å². The zero-order valence-electron chi connectivity index (χ0n) is 11.2. The van der Waals surface area contributed by atoms with Crippen LogP contribution in [-0.2, 0) is 0 Å². The van der Waals surface area contributed by atoms with Gasteiger partial charge in [0.2, 0.25) is 0 Å². The van der Waals surface area contributed by atoms with Gasteiger partial charge in [-0.05, 0) is 43.9 Å². The third-order valence-electron chi connectivity index (χ3n) is 4.08. The van der Waals surface area contributed by atoms with Gasteiger partial charge in [-0.1, -0.05) is 31.0 Å². The smallest absolute Gasteiger partial charge is 0.0690 e. The van der Waals surface area contributed by atoms with Crippen molar-refractivity contribution in [2.45, 2.75) is 45.6 Å². The van der Waals surface area contributed by atoms with Gasteiger partial charge in [0.1, 0.15) is 0 Å². The summed E-state index contributed by atoms with van der Waals surface area (Å²) in [5, 5.41) is 4.57. The monoisotopic (exact) mass is 240 g/mol. The van der Waals surface area contributed by atoms with Gasteiger partial charge in [0.15, 0.2) is 0 Å². The first-order valence-electron chi connectivity index (χ1n) is 6.87. The number of hydrogen-bond acceptors (Lipinski definition) is 1. The lowest BCUT2D eigenvalue weighted by Gasteiger charge is -2.17. The van der Waals surface area contributed by atoms with Crippen molar-refractivity contribution in [3.63, 3.8) is 0 Å². The summed E-state index contributed by atoms with van der Waals surface area (Å²) in [5.74, 6) is 0. The molecule has 1 aromatic heterocycles. The molecular weight excluding hydrogens is 220 g/mol. The van der Waals surface area contributed by atoms with Crippen LogP contribution in [0.2, 0.25) is 0 Å². The zero-order valence-corrected chi connectivity index (χ0v) is 11.2. The second kappa shape index (κ2) is 4.60. The van der Waals surface area contributed by atoms with Gasteiger partial charge < -0.3 is 0 Å². The molecular formula is C16H20N2. The third-order valence-corrected chi connectivity index (χ3v) is 4.08. The van der Waals surface area contributed by atoms with Gasteiger partial charge in [-0.3, -0.25) is 4.68 Å². The first kappa shape index (κ1) is 11.5. The Hall–Kier alpha value is -1.57. The van der Waals surface area contributed by atoms with E-state index in [4.69, 9.17) is 0 Å². The summed E-state index contributed by atoms with van der Waals surface area (Å²) in [5.41, 5.74) is 5.34. The Labute approximate surface area is 109 Å². The molecule has 0 N–H and O–H groups in total. The van der Waals surface area contributed by atoms with Crippen LogP contribution < -0.4 is 0 Å². The molecule has 1 heterocycles. The summed E-state index contributed by atoms with van der Waals surface area (Å²) < 4.78 is 2.25. The van der Waals surface area contributed by atoms with Crippen molar-refractivity contribution in [1.29, 1.82) is 0 Å². The fourth-order valence-electron chi connectivity index (χ4n) is 3.17. The Morgan fingerprint density at radius 3 is 2.39 bits per heavy atom. The van der Waals surface area contributed by atoms with Crippen molar-refractivity contribution in [2.24, 2.45) is 0 Å². The highest BCUT2D eigenvalue weighted by Gasteiger charge is 2.21. The Balaban J connectivity index is 2.09. The van der Waals surface area contributed by atoms with Gasteiger partial charge in [0, 0.05) is 11.8 Å². The van der Waals surface area contributed by atoms with Crippen molar-refractivity contribution in [2.75, 3.05) is 0 Å². The molecule has 18 heavy (non-hydrogen) atoms. The standard InChI is InChI=1S/C16H20N2/c1-12-6-5-7-13(2)16(12)15-10-11-17-18(15)14-8-3-4-9-14/h5-7,10-11,14H,3-4,8-9H2,1-2H3. The van der Waals surface area contributed by atoms with Crippen LogP contribution in [-0.4, -0.2) is 9.78 Å². The number of rotatable bonds is 2. The van der Waals surface area contributed by atoms with Gasteiger partial charge >= 0.3 is 0 Å². The van der Waals surface area contributed by atoms with E-state index < -0.39 is 0 Å². The summed E-state index contributed by atoms with van der Waals surface area (Å²) in [6.45, 7) is 4.38. The van der Waals surface area contributed by atoms with Gasteiger partial charge in [0.25, 0.3) is 0 Å². The van der Waals surface area contributed by atoms with E-state index in [1.54, 1.807) is 0 Å². The van der Waals surface area contributed by atoms with E-state index in [0.717, 1.165) is 0 Å². The highest BCUT2D eigenvalue weighted by atomic mass is 15.3. The minimum Gasteiger partial charge on any atom is -0.262 e. The van der Waals surface area contributed by atoms with Gasteiger partial charge in [0.05, 0.1) is 11.7 Å². The Bertz CT molecular complexity index is 528. The van der Waals surface area contributed by atoms with Crippen LogP contribution >= 0.6 is 0 Å². The molecule has 0 amide bonds. The Morgan fingerprint density at radius 1 is 1.06 bits per heavy atom. The first-order chi connectivity index (χ1) is 8.77. The first-order valence-corrected chi connectivity index (χ1v) is 6.87. The van der Waals surface area contributed by atoms with Crippen LogP contribution in [0.15, 0.2) is 30.5 Å². The molecule has 2 aromatic rings. The van der Waals surface area contributed by atoms with E-state index in [1.165, 1.54) is 48.1 Å². The quantitative estimate of drug-likeness (QED) is 0.766. The highest BCUT2D eigenvalue weighted by Crippen LogP contribution is 2.34. The third kappa shape index (κ3) is 1.86. The largest absolute Gasteiger partial charge is 0.262 e. The summed E-state index contributed by atoms with van der Waals surface area (Å²) in [7, 11) is 0. The second-order valence-corrected chi connectivity index (χ2v) is 5.37. The number of hydrogen-bond donors (Lipinski definition) is 0. The van der Waals surface area contributed by atoms with Crippen LogP contribution in [0.25, 0.3) is 11.3 Å². The van der Waals surface area contributed by atoms with Gasteiger partial charge in [-0.15, -0.1) is 0 Å². The van der Waals surface area contributed by atoms with Gasteiger partial charge in [-0.2, -0.15) is 5.10 Å². The van der Waals surface area contributed by atoms with Crippen molar-refractivity contribution in [3.05, 3.63) is 41.6 Å². The maximum atomic E-state index is 4.57. The molecule has 0 spiro atoms. The topological polar surface area (TPSA) is 17.8 Å². The van der Waals surface area contributed by atoms with Crippen molar-refractivity contribution < 1.29 is 0 Å². The van der Waals surface area contributed by atoms with E-state index in [-0.39, 0.29) is 0 Å². The molecule has 3 rings (SSSR count). The average Bonchev–Trinajstić information content (AvgIpc) is 2.98. The lowest BCUT2D eigenvalue weighted by atomic mass is 10.00. The molecule has 94 valence electrons. The highest BCUT2D eigenvalue weighted by molar-refractivity contribution is 5.67. The minimum atomic E-state index is 0.606. The molecule has 0 bridgehead atoms. The molecule has 1 aliphatic carbocycles. The molecule has 0 radical (unpaired) electrons.